The van der Waals surface area contributed by atoms with Crippen LogP contribution in [-0.4, -0.2) is 38.6 Å². The van der Waals surface area contributed by atoms with E-state index < -0.39 is 6.10 Å². The van der Waals surface area contributed by atoms with Gasteiger partial charge in [-0.25, -0.2) is 0 Å². The Bertz CT molecular complexity index is 392. The van der Waals surface area contributed by atoms with Gasteiger partial charge in [0, 0.05) is 18.2 Å². The molecule has 19 heavy (non-hydrogen) atoms. The number of hydrogen-bond acceptors (Lipinski definition) is 4. The van der Waals surface area contributed by atoms with Gasteiger partial charge in [-0.05, 0) is 6.42 Å². The minimum Gasteiger partial charge on any atom is -0.394 e. The van der Waals surface area contributed by atoms with Gasteiger partial charge in [0.1, 0.15) is 0 Å². The summed E-state index contributed by atoms with van der Waals surface area (Å²) in [5, 5.41) is 24.9. The molecule has 0 bridgehead atoms. The van der Waals surface area contributed by atoms with Crippen LogP contribution in [0.4, 0.5) is 5.82 Å². The van der Waals surface area contributed by atoms with Crippen molar-refractivity contribution in [3.8, 4) is 0 Å². The zero-order chi connectivity index (χ0) is 14.3. The number of carbonyl (C=O) groups excluding carboxylic acids is 1. The number of carbonyl (C=O) groups is 1. The number of hydrogen-bond donors (Lipinski definition) is 3. The quantitative estimate of drug-likeness (QED) is 0.657. The van der Waals surface area contributed by atoms with Gasteiger partial charge in [0.05, 0.1) is 19.3 Å². The number of aromatic nitrogens is 2. The molecule has 6 heteroatoms. The molecule has 108 valence electrons. The number of nitrogens with one attached hydrogen (secondary N) is 1. The van der Waals surface area contributed by atoms with E-state index in [0.717, 1.165) is 19.3 Å². The molecule has 1 aromatic heterocycles. The van der Waals surface area contributed by atoms with E-state index in [0.29, 0.717) is 5.82 Å². The highest BCUT2D eigenvalue weighted by atomic mass is 16.3. The first kappa shape index (κ1) is 15.7. The first-order valence-corrected chi connectivity index (χ1v) is 6.70. The smallest absolute Gasteiger partial charge is 0.228 e. The second-order valence-electron chi connectivity index (χ2n) is 4.79. The topological polar surface area (TPSA) is 87.4 Å². The normalized spacial score (nSPS) is 14.1. The molecule has 1 aromatic rings. The predicted molar refractivity (Wildman–Crippen MR) is 72.6 cm³/mol. The van der Waals surface area contributed by atoms with Gasteiger partial charge >= 0.3 is 0 Å². The van der Waals surface area contributed by atoms with Crippen molar-refractivity contribution in [3.63, 3.8) is 0 Å². The van der Waals surface area contributed by atoms with Crippen LogP contribution in [0, 0.1) is 5.92 Å². The van der Waals surface area contributed by atoms with Gasteiger partial charge in [-0.2, -0.15) is 5.10 Å². The lowest BCUT2D eigenvalue weighted by Gasteiger charge is -2.10. The number of aliphatic hydroxyl groups is 2. The highest BCUT2D eigenvalue weighted by molar-refractivity contribution is 5.91. The van der Waals surface area contributed by atoms with E-state index in [2.05, 4.69) is 17.3 Å². The average Bonchev–Trinajstić information content (AvgIpc) is 2.82. The van der Waals surface area contributed by atoms with Crippen molar-refractivity contribution in [3.05, 3.63) is 12.3 Å². The minimum absolute atomic E-state index is 0.0341. The van der Waals surface area contributed by atoms with E-state index in [-0.39, 0.29) is 25.0 Å². The molecule has 0 aliphatic heterocycles. The molecule has 1 amide bonds. The number of rotatable bonds is 8. The Morgan fingerprint density at radius 3 is 2.95 bits per heavy atom. The largest absolute Gasteiger partial charge is 0.394 e. The van der Waals surface area contributed by atoms with E-state index in [4.69, 9.17) is 5.11 Å². The molecule has 0 aromatic carbocycles. The molecule has 1 rings (SSSR count). The monoisotopic (exact) mass is 269 g/mol. The Labute approximate surface area is 113 Å². The Kier molecular flexibility index (Phi) is 6.52. The third kappa shape index (κ3) is 5.40. The first-order chi connectivity index (χ1) is 9.06. The fourth-order valence-corrected chi connectivity index (χ4v) is 1.69. The molecule has 0 radical (unpaired) electrons. The molecule has 3 N–H and O–H groups in total. The third-order valence-corrected chi connectivity index (χ3v) is 2.94. The molecule has 6 nitrogen and oxygen atoms in total. The van der Waals surface area contributed by atoms with Crippen LogP contribution >= 0.6 is 0 Å². The summed E-state index contributed by atoms with van der Waals surface area (Å²) in [7, 11) is 0. The van der Waals surface area contributed by atoms with Gasteiger partial charge in [-0.3, -0.25) is 9.48 Å². The number of unbranched alkanes of at least 4 members (excludes halogenated alkanes) is 1. The molecule has 0 spiro atoms. The second-order valence-corrected chi connectivity index (χ2v) is 4.79. The standard InChI is InChI=1S/C13H23N3O3/c1-3-4-5-10(2)13(19)14-12-6-7-16(15-12)8-11(18)9-17/h6-7,10-11,17-18H,3-5,8-9H2,1-2H3,(H,14,15,19)/t10?,11-/m1/s1. The van der Waals surface area contributed by atoms with Gasteiger partial charge < -0.3 is 15.5 Å². The fraction of sp³-hybridized carbons (Fsp3) is 0.692. The summed E-state index contributed by atoms with van der Waals surface area (Å²) < 4.78 is 1.49. The molecule has 0 aliphatic rings. The third-order valence-electron chi connectivity index (χ3n) is 2.94. The summed E-state index contributed by atoms with van der Waals surface area (Å²) in [6.45, 7) is 3.89. The van der Waals surface area contributed by atoms with E-state index in [1.807, 2.05) is 6.92 Å². The van der Waals surface area contributed by atoms with Crippen LogP contribution in [0.3, 0.4) is 0 Å². The Morgan fingerprint density at radius 1 is 1.58 bits per heavy atom. The van der Waals surface area contributed by atoms with Crippen molar-refractivity contribution in [2.75, 3.05) is 11.9 Å². The highest BCUT2D eigenvalue weighted by Crippen LogP contribution is 2.11. The Hall–Kier alpha value is -1.40. The molecular weight excluding hydrogens is 246 g/mol. The lowest BCUT2D eigenvalue weighted by atomic mass is 10.0. The second kappa shape index (κ2) is 7.91. The van der Waals surface area contributed by atoms with Crippen molar-refractivity contribution in [2.24, 2.45) is 5.92 Å². The van der Waals surface area contributed by atoms with E-state index in [9.17, 15) is 9.90 Å². The SMILES string of the molecule is CCCCC(C)C(=O)Nc1ccn(C[C@@H](O)CO)n1. The molecule has 2 atom stereocenters. The van der Waals surface area contributed by atoms with Crippen LogP contribution in [0.15, 0.2) is 12.3 Å². The van der Waals surface area contributed by atoms with E-state index >= 15 is 0 Å². The van der Waals surface area contributed by atoms with Gasteiger partial charge in [0.15, 0.2) is 5.82 Å². The first-order valence-electron chi connectivity index (χ1n) is 6.70. The molecule has 1 heterocycles. The van der Waals surface area contributed by atoms with Crippen molar-refractivity contribution in [1.29, 1.82) is 0 Å². The molecular formula is C13H23N3O3. The van der Waals surface area contributed by atoms with Gasteiger partial charge in [0.2, 0.25) is 5.91 Å². The van der Waals surface area contributed by atoms with Gasteiger partial charge in [0.25, 0.3) is 0 Å². The summed E-state index contributed by atoms with van der Waals surface area (Å²) in [5.74, 6) is 0.396. The van der Waals surface area contributed by atoms with Crippen molar-refractivity contribution >= 4 is 11.7 Å². The molecule has 0 saturated carbocycles. The number of nitrogens with zero attached hydrogens (tertiary/aromatic N) is 2. The van der Waals surface area contributed by atoms with Gasteiger partial charge in [-0.1, -0.05) is 26.7 Å². The Balaban J connectivity index is 2.46. The maximum absolute atomic E-state index is 11.9. The van der Waals surface area contributed by atoms with E-state index in [1.165, 1.54) is 4.68 Å². The molecule has 0 saturated heterocycles. The summed E-state index contributed by atoms with van der Waals surface area (Å²) in [6, 6.07) is 1.68. The fourth-order valence-electron chi connectivity index (χ4n) is 1.69. The molecule has 0 fully saturated rings. The van der Waals surface area contributed by atoms with Crippen LogP contribution in [0.2, 0.25) is 0 Å². The Morgan fingerprint density at radius 2 is 2.32 bits per heavy atom. The van der Waals surface area contributed by atoms with Crippen LogP contribution < -0.4 is 5.32 Å². The number of aliphatic hydroxyl groups excluding tert-OH is 2. The van der Waals surface area contributed by atoms with E-state index in [1.54, 1.807) is 12.3 Å². The van der Waals surface area contributed by atoms with Crippen LogP contribution in [-0.2, 0) is 11.3 Å². The summed E-state index contributed by atoms with van der Waals surface area (Å²) in [5.41, 5.74) is 0. The summed E-state index contributed by atoms with van der Waals surface area (Å²) in [4.78, 5) is 11.9. The number of anilines is 1. The highest BCUT2D eigenvalue weighted by Gasteiger charge is 2.13. The zero-order valence-electron chi connectivity index (χ0n) is 11.5. The summed E-state index contributed by atoms with van der Waals surface area (Å²) >= 11 is 0. The number of amides is 1. The summed E-state index contributed by atoms with van der Waals surface area (Å²) in [6.07, 6.45) is 3.79. The van der Waals surface area contributed by atoms with Gasteiger partial charge in [-0.15, -0.1) is 0 Å². The maximum atomic E-state index is 11.9. The molecule has 0 aliphatic carbocycles. The van der Waals surface area contributed by atoms with Crippen molar-refractivity contribution in [1.82, 2.24) is 9.78 Å². The minimum atomic E-state index is -0.841. The van der Waals surface area contributed by atoms with Crippen LogP contribution in [0.1, 0.15) is 33.1 Å². The van der Waals surface area contributed by atoms with Crippen LogP contribution in [0.5, 0.6) is 0 Å². The zero-order valence-corrected chi connectivity index (χ0v) is 11.5. The average molecular weight is 269 g/mol. The maximum Gasteiger partial charge on any atom is 0.228 e. The van der Waals surface area contributed by atoms with Crippen molar-refractivity contribution in [2.45, 2.75) is 45.8 Å². The van der Waals surface area contributed by atoms with Crippen molar-refractivity contribution < 1.29 is 15.0 Å². The van der Waals surface area contributed by atoms with Crippen LogP contribution in [0.25, 0.3) is 0 Å². The predicted octanol–water partition coefficient (Wildman–Crippen LogP) is 1.00. The molecule has 1 unspecified atom stereocenters. The lowest BCUT2D eigenvalue weighted by Crippen LogP contribution is -2.22. The lowest BCUT2D eigenvalue weighted by molar-refractivity contribution is -0.119.